The molecule has 2 fully saturated rings. The van der Waals surface area contributed by atoms with Gasteiger partial charge in [-0.15, -0.1) is 0 Å². The number of anilines is 2. The Morgan fingerprint density at radius 1 is 1.16 bits per heavy atom. The van der Waals surface area contributed by atoms with Crippen LogP contribution in [0.1, 0.15) is 10.4 Å². The van der Waals surface area contributed by atoms with E-state index in [1.54, 1.807) is 13.1 Å². The Morgan fingerprint density at radius 3 is 2.77 bits per heavy atom. The zero-order valence-electron chi connectivity index (χ0n) is 17.6. The molecule has 9 nitrogen and oxygen atoms in total. The summed E-state index contributed by atoms with van der Waals surface area (Å²) in [4.78, 5) is 30.4. The average molecular weight is 419 g/mol. The van der Waals surface area contributed by atoms with E-state index in [1.165, 1.54) is 0 Å². The summed E-state index contributed by atoms with van der Waals surface area (Å²) >= 11 is 0. The molecule has 0 aliphatic carbocycles. The van der Waals surface area contributed by atoms with E-state index in [0.29, 0.717) is 41.5 Å². The number of likely N-dealkylation sites (tertiary alicyclic amines) is 1. The summed E-state index contributed by atoms with van der Waals surface area (Å²) in [5.74, 6) is 0.842. The number of nitrogens with one attached hydrogen (secondary N) is 1. The number of benzene rings is 1. The summed E-state index contributed by atoms with van der Waals surface area (Å²) in [6, 6.07) is 11.1. The van der Waals surface area contributed by atoms with Gasteiger partial charge in [0.2, 0.25) is 5.95 Å². The highest BCUT2D eigenvalue weighted by atomic mass is 16.5. The van der Waals surface area contributed by atoms with Crippen molar-refractivity contribution in [2.75, 3.05) is 57.5 Å². The number of hydrogen-bond donors (Lipinski definition) is 2. The maximum atomic E-state index is 12.0. The van der Waals surface area contributed by atoms with Gasteiger partial charge in [0, 0.05) is 37.8 Å². The second kappa shape index (κ2) is 7.44. The first-order valence-electron chi connectivity index (χ1n) is 10.3. The van der Waals surface area contributed by atoms with Gasteiger partial charge in [0.15, 0.2) is 5.65 Å². The minimum atomic E-state index is -0.157. The summed E-state index contributed by atoms with van der Waals surface area (Å²) in [5, 5.41) is 3.35. The maximum absolute atomic E-state index is 12.0. The standard InChI is InChI=1S/C22H25N7O2/c1-24-20(30)15-5-3-4-14(10-15)17-7-6-16-18(23)26-21(27-19(16)25-17)29-8-9-31-22(13-29)11-28(2)12-22/h3-7,10H,8-9,11-13H2,1-2H3,(H,24,30)(H2,23,25,26,27). The number of aromatic nitrogens is 3. The van der Waals surface area contributed by atoms with Gasteiger partial charge in [0.25, 0.3) is 5.91 Å². The number of nitrogen functional groups attached to an aromatic ring is 1. The van der Waals surface area contributed by atoms with Crippen LogP contribution >= 0.6 is 0 Å². The molecular weight excluding hydrogens is 394 g/mol. The lowest BCUT2D eigenvalue weighted by molar-refractivity contribution is -0.141. The topological polar surface area (TPSA) is 110 Å². The number of morpholine rings is 1. The number of nitrogens with zero attached hydrogens (tertiary/aromatic N) is 5. The Hall–Kier alpha value is -3.30. The lowest BCUT2D eigenvalue weighted by Crippen LogP contribution is -2.69. The summed E-state index contributed by atoms with van der Waals surface area (Å²) in [6.07, 6.45) is 0. The van der Waals surface area contributed by atoms with E-state index >= 15 is 0 Å². The Kier molecular flexibility index (Phi) is 4.71. The quantitative estimate of drug-likeness (QED) is 0.651. The van der Waals surface area contributed by atoms with Crippen molar-refractivity contribution < 1.29 is 9.53 Å². The Morgan fingerprint density at radius 2 is 2.00 bits per heavy atom. The largest absolute Gasteiger partial charge is 0.383 e. The van der Waals surface area contributed by atoms with Crippen molar-refractivity contribution >= 4 is 28.7 Å². The smallest absolute Gasteiger partial charge is 0.251 e. The third kappa shape index (κ3) is 3.55. The first kappa shape index (κ1) is 19.7. The van der Waals surface area contributed by atoms with Crippen molar-refractivity contribution in [3.8, 4) is 11.3 Å². The molecule has 0 unspecified atom stereocenters. The van der Waals surface area contributed by atoms with Crippen LogP contribution in [0, 0.1) is 0 Å². The maximum Gasteiger partial charge on any atom is 0.251 e. The highest BCUT2D eigenvalue weighted by Gasteiger charge is 2.46. The van der Waals surface area contributed by atoms with Gasteiger partial charge in [-0.1, -0.05) is 12.1 Å². The molecule has 1 aromatic carbocycles. The molecule has 5 rings (SSSR count). The summed E-state index contributed by atoms with van der Waals surface area (Å²) < 4.78 is 6.04. The first-order chi connectivity index (χ1) is 15.0. The number of ether oxygens (including phenoxy) is 1. The van der Waals surface area contributed by atoms with Crippen molar-refractivity contribution in [1.29, 1.82) is 0 Å². The number of carbonyl (C=O) groups excluding carboxylic acids is 1. The summed E-state index contributed by atoms with van der Waals surface area (Å²) in [7, 11) is 3.70. The average Bonchev–Trinajstić information content (AvgIpc) is 2.77. The van der Waals surface area contributed by atoms with E-state index in [4.69, 9.17) is 20.4 Å². The van der Waals surface area contributed by atoms with Gasteiger partial charge in [0.05, 0.1) is 24.2 Å². The van der Waals surface area contributed by atoms with Crippen LogP contribution < -0.4 is 16.0 Å². The molecule has 2 aliphatic heterocycles. The molecule has 3 aromatic rings. The van der Waals surface area contributed by atoms with E-state index in [1.807, 2.05) is 30.3 Å². The number of likely N-dealkylation sites (N-methyl/N-ethyl adjacent to an activating group) is 1. The van der Waals surface area contributed by atoms with Crippen LogP contribution in [0.4, 0.5) is 11.8 Å². The van der Waals surface area contributed by atoms with Crippen molar-refractivity contribution in [3.05, 3.63) is 42.0 Å². The van der Waals surface area contributed by atoms with Gasteiger partial charge in [-0.3, -0.25) is 4.79 Å². The van der Waals surface area contributed by atoms with E-state index in [9.17, 15) is 4.79 Å². The summed E-state index contributed by atoms with van der Waals surface area (Å²) in [6.45, 7) is 3.88. The molecule has 3 N–H and O–H groups in total. The number of carbonyl (C=O) groups is 1. The fourth-order valence-corrected chi connectivity index (χ4v) is 4.43. The third-order valence-corrected chi connectivity index (χ3v) is 5.87. The van der Waals surface area contributed by atoms with Crippen LogP contribution in [-0.4, -0.2) is 78.2 Å². The molecular formula is C22H25N7O2. The van der Waals surface area contributed by atoms with Gasteiger partial charge in [-0.2, -0.15) is 9.97 Å². The number of hydrogen-bond acceptors (Lipinski definition) is 8. The van der Waals surface area contributed by atoms with E-state index < -0.39 is 0 Å². The monoisotopic (exact) mass is 419 g/mol. The van der Waals surface area contributed by atoms with Gasteiger partial charge >= 0.3 is 0 Å². The first-order valence-corrected chi connectivity index (χ1v) is 10.3. The molecule has 2 saturated heterocycles. The summed E-state index contributed by atoms with van der Waals surface area (Å²) in [5.41, 5.74) is 8.78. The molecule has 2 aromatic heterocycles. The molecule has 4 heterocycles. The lowest BCUT2D eigenvalue weighted by atomic mass is 9.93. The minimum Gasteiger partial charge on any atom is -0.383 e. The number of nitrogens with two attached hydrogens (primary N) is 1. The molecule has 0 bridgehead atoms. The van der Waals surface area contributed by atoms with Crippen LogP contribution in [0.25, 0.3) is 22.3 Å². The van der Waals surface area contributed by atoms with E-state index in [2.05, 4.69) is 27.1 Å². The molecule has 1 amide bonds. The molecule has 31 heavy (non-hydrogen) atoms. The Balaban J connectivity index is 1.50. The third-order valence-electron chi connectivity index (χ3n) is 5.87. The molecule has 160 valence electrons. The number of fused-ring (bicyclic) bond motifs is 1. The zero-order chi connectivity index (χ0) is 21.6. The fourth-order valence-electron chi connectivity index (χ4n) is 4.43. The van der Waals surface area contributed by atoms with E-state index in [0.717, 1.165) is 30.9 Å². The minimum absolute atomic E-state index is 0.139. The van der Waals surface area contributed by atoms with Crippen molar-refractivity contribution in [3.63, 3.8) is 0 Å². The van der Waals surface area contributed by atoms with Gasteiger partial charge in [0.1, 0.15) is 11.4 Å². The van der Waals surface area contributed by atoms with Crippen LogP contribution in [0.3, 0.4) is 0 Å². The van der Waals surface area contributed by atoms with Crippen molar-refractivity contribution in [2.24, 2.45) is 0 Å². The predicted molar refractivity (Wildman–Crippen MR) is 119 cm³/mol. The molecule has 9 heteroatoms. The van der Waals surface area contributed by atoms with Gasteiger partial charge in [-0.25, -0.2) is 4.98 Å². The van der Waals surface area contributed by atoms with Crippen LogP contribution in [0.5, 0.6) is 0 Å². The van der Waals surface area contributed by atoms with Crippen LogP contribution in [-0.2, 0) is 4.74 Å². The SMILES string of the molecule is CNC(=O)c1cccc(-c2ccc3c(N)nc(N4CCOC5(CN(C)C5)C4)nc3n2)c1. The van der Waals surface area contributed by atoms with E-state index in [-0.39, 0.29) is 11.5 Å². The number of amides is 1. The molecule has 0 radical (unpaired) electrons. The second-order valence-electron chi connectivity index (χ2n) is 8.26. The lowest BCUT2D eigenvalue weighted by Gasteiger charge is -2.52. The normalized spacial score (nSPS) is 18.2. The van der Waals surface area contributed by atoms with Gasteiger partial charge < -0.3 is 25.6 Å². The fraction of sp³-hybridized carbons (Fsp3) is 0.364. The van der Waals surface area contributed by atoms with Crippen molar-refractivity contribution in [1.82, 2.24) is 25.2 Å². The second-order valence-corrected chi connectivity index (χ2v) is 8.26. The Bertz CT molecular complexity index is 1150. The predicted octanol–water partition coefficient (Wildman–Crippen LogP) is 1.15. The van der Waals surface area contributed by atoms with Crippen LogP contribution in [0.15, 0.2) is 36.4 Å². The molecule has 2 aliphatic rings. The Labute approximate surface area is 180 Å². The molecule has 0 saturated carbocycles. The molecule has 1 spiro atoms. The van der Waals surface area contributed by atoms with Crippen LogP contribution in [0.2, 0.25) is 0 Å². The van der Waals surface area contributed by atoms with Gasteiger partial charge in [-0.05, 0) is 31.3 Å². The highest BCUT2D eigenvalue weighted by Crippen LogP contribution is 2.31. The van der Waals surface area contributed by atoms with Crippen molar-refractivity contribution in [2.45, 2.75) is 5.60 Å². The number of rotatable bonds is 3. The zero-order valence-corrected chi connectivity index (χ0v) is 17.6. The number of pyridine rings is 1. The molecule has 0 atom stereocenters. The highest BCUT2D eigenvalue weighted by molar-refractivity contribution is 5.95.